The van der Waals surface area contributed by atoms with E-state index >= 15 is 0 Å². The second-order valence-corrected chi connectivity index (χ2v) is 5.43. The summed E-state index contributed by atoms with van der Waals surface area (Å²) in [7, 11) is 0. The first-order chi connectivity index (χ1) is 11.2. The maximum atomic E-state index is 11.6. The lowest BCUT2D eigenvalue weighted by Gasteiger charge is -2.09. The lowest BCUT2D eigenvalue weighted by molar-refractivity contribution is 0.236. The number of carbonyl (C=O) groups is 1. The van der Waals surface area contributed by atoms with Crippen molar-refractivity contribution in [1.82, 2.24) is 10.6 Å². The van der Waals surface area contributed by atoms with E-state index in [9.17, 15) is 4.79 Å². The van der Waals surface area contributed by atoms with Gasteiger partial charge in [0, 0.05) is 6.54 Å². The van der Waals surface area contributed by atoms with E-state index in [-0.39, 0.29) is 6.03 Å². The Kier molecular flexibility index (Phi) is 6.98. The van der Waals surface area contributed by atoms with E-state index in [0.717, 1.165) is 18.6 Å². The highest BCUT2D eigenvalue weighted by molar-refractivity contribution is 5.73. The van der Waals surface area contributed by atoms with Gasteiger partial charge >= 0.3 is 6.03 Å². The van der Waals surface area contributed by atoms with Gasteiger partial charge in [0.25, 0.3) is 0 Å². The van der Waals surface area contributed by atoms with Crippen LogP contribution in [0.5, 0.6) is 5.75 Å². The highest BCUT2D eigenvalue weighted by Crippen LogP contribution is 2.10. The van der Waals surface area contributed by atoms with E-state index in [1.165, 1.54) is 11.1 Å². The predicted molar refractivity (Wildman–Crippen MR) is 92.8 cm³/mol. The van der Waals surface area contributed by atoms with Gasteiger partial charge in [0.2, 0.25) is 0 Å². The summed E-state index contributed by atoms with van der Waals surface area (Å²) < 4.78 is 5.55. The molecule has 0 radical (unpaired) electrons. The molecular formula is C19H24N2O2. The smallest absolute Gasteiger partial charge is 0.314 e. The first kappa shape index (κ1) is 16.9. The number of urea groups is 1. The van der Waals surface area contributed by atoms with Gasteiger partial charge in [-0.2, -0.15) is 0 Å². The molecule has 2 aromatic carbocycles. The monoisotopic (exact) mass is 312 g/mol. The Labute approximate surface area is 137 Å². The van der Waals surface area contributed by atoms with Crippen LogP contribution in [0.2, 0.25) is 0 Å². The van der Waals surface area contributed by atoms with E-state index in [0.29, 0.717) is 19.7 Å². The number of amides is 2. The Balaban J connectivity index is 1.51. The van der Waals surface area contributed by atoms with E-state index < -0.39 is 0 Å². The molecule has 0 saturated heterocycles. The summed E-state index contributed by atoms with van der Waals surface area (Å²) in [5.41, 5.74) is 2.49. The molecule has 2 amide bonds. The summed E-state index contributed by atoms with van der Waals surface area (Å²) in [5.74, 6) is 0.820. The molecule has 122 valence electrons. The fraction of sp³-hybridized carbons (Fsp3) is 0.316. The van der Waals surface area contributed by atoms with Gasteiger partial charge in [-0.15, -0.1) is 0 Å². The Hall–Kier alpha value is -2.49. The highest BCUT2D eigenvalue weighted by atomic mass is 16.5. The Bertz CT molecular complexity index is 582. The van der Waals surface area contributed by atoms with Gasteiger partial charge in [0.1, 0.15) is 12.4 Å². The summed E-state index contributed by atoms with van der Waals surface area (Å²) >= 11 is 0. The molecule has 0 fully saturated rings. The summed E-state index contributed by atoms with van der Waals surface area (Å²) in [6.45, 7) is 3.64. The number of nitrogens with one attached hydrogen (secondary N) is 2. The molecule has 0 aliphatic rings. The zero-order valence-electron chi connectivity index (χ0n) is 13.5. The third kappa shape index (κ3) is 6.87. The zero-order chi connectivity index (χ0) is 16.3. The van der Waals surface area contributed by atoms with Crippen molar-refractivity contribution in [2.24, 2.45) is 0 Å². The standard InChI is InChI=1S/C19H24N2O2/c1-16-9-11-18(12-10-16)23-15-14-21-19(22)20-13-5-8-17-6-3-2-4-7-17/h2-4,6-7,9-12H,5,8,13-15H2,1H3,(H2,20,21,22). The molecule has 0 saturated carbocycles. The molecule has 4 heteroatoms. The summed E-state index contributed by atoms with van der Waals surface area (Å²) in [6.07, 6.45) is 1.90. The van der Waals surface area contributed by atoms with Crippen molar-refractivity contribution in [3.05, 3.63) is 65.7 Å². The molecule has 0 unspecified atom stereocenters. The van der Waals surface area contributed by atoms with Crippen molar-refractivity contribution in [1.29, 1.82) is 0 Å². The topological polar surface area (TPSA) is 50.4 Å². The lowest BCUT2D eigenvalue weighted by Crippen LogP contribution is -2.38. The minimum absolute atomic E-state index is 0.148. The Morgan fingerprint density at radius 1 is 0.957 bits per heavy atom. The summed E-state index contributed by atoms with van der Waals surface area (Å²) in [6, 6.07) is 18.0. The molecule has 23 heavy (non-hydrogen) atoms. The van der Waals surface area contributed by atoms with E-state index in [4.69, 9.17) is 4.74 Å². The molecule has 0 bridgehead atoms. The van der Waals surface area contributed by atoms with Crippen LogP contribution in [0.1, 0.15) is 17.5 Å². The molecule has 2 aromatic rings. The van der Waals surface area contributed by atoms with Gasteiger partial charge in [-0.05, 0) is 37.5 Å². The highest BCUT2D eigenvalue weighted by Gasteiger charge is 1.99. The third-order valence-electron chi connectivity index (χ3n) is 3.45. The molecule has 2 N–H and O–H groups in total. The van der Waals surface area contributed by atoms with Gasteiger partial charge in [-0.25, -0.2) is 4.79 Å². The van der Waals surface area contributed by atoms with Crippen molar-refractivity contribution in [3.63, 3.8) is 0 Å². The van der Waals surface area contributed by atoms with Gasteiger partial charge in [0.05, 0.1) is 6.54 Å². The second kappa shape index (κ2) is 9.51. The van der Waals surface area contributed by atoms with Crippen molar-refractivity contribution >= 4 is 6.03 Å². The number of hydrogen-bond donors (Lipinski definition) is 2. The van der Waals surface area contributed by atoms with E-state index in [2.05, 4.69) is 22.8 Å². The molecule has 0 aliphatic heterocycles. The average molecular weight is 312 g/mol. The number of hydrogen-bond acceptors (Lipinski definition) is 2. The number of rotatable bonds is 8. The molecule has 0 atom stereocenters. The van der Waals surface area contributed by atoms with Gasteiger partial charge < -0.3 is 15.4 Å². The fourth-order valence-corrected chi connectivity index (χ4v) is 2.17. The number of ether oxygens (including phenoxy) is 1. The van der Waals surface area contributed by atoms with Gasteiger partial charge in [0.15, 0.2) is 0 Å². The summed E-state index contributed by atoms with van der Waals surface area (Å²) in [5, 5.41) is 5.64. The van der Waals surface area contributed by atoms with Gasteiger partial charge in [-0.3, -0.25) is 0 Å². The largest absolute Gasteiger partial charge is 0.492 e. The minimum atomic E-state index is -0.148. The van der Waals surface area contributed by atoms with Crippen LogP contribution >= 0.6 is 0 Å². The van der Waals surface area contributed by atoms with Crippen molar-refractivity contribution in [2.45, 2.75) is 19.8 Å². The predicted octanol–water partition coefficient (Wildman–Crippen LogP) is 3.31. The Morgan fingerprint density at radius 3 is 2.39 bits per heavy atom. The number of benzene rings is 2. The van der Waals surface area contributed by atoms with Gasteiger partial charge in [-0.1, -0.05) is 48.0 Å². The van der Waals surface area contributed by atoms with Crippen LogP contribution in [0, 0.1) is 6.92 Å². The molecule has 2 rings (SSSR count). The first-order valence-corrected chi connectivity index (χ1v) is 7.99. The fourth-order valence-electron chi connectivity index (χ4n) is 2.17. The second-order valence-electron chi connectivity index (χ2n) is 5.43. The minimum Gasteiger partial charge on any atom is -0.492 e. The molecule has 0 aromatic heterocycles. The van der Waals surface area contributed by atoms with E-state index in [1.54, 1.807) is 0 Å². The van der Waals surface area contributed by atoms with Crippen LogP contribution in [0.25, 0.3) is 0 Å². The quantitative estimate of drug-likeness (QED) is 0.735. The van der Waals surface area contributed by atoms with Crippen LogP contribution < -0.4 is 15.4 Å². The third-order valence-corrected chi connectivity index (χ3v) is 3.45. The molecule has 0 spiro atoms. The van der Waals surface area contributed by atoms with Crippen molar-refractivity contribution in [3.8, 4) is 5.75 Å². The van der Waals surface area contributed by atoms with Crippen molar-refractivity contribution in [2.75, 3.05) is 19.7 Å². The average Bonchev–Trinajstić information content (AvgIpc) is 2.58. The normalized spacial score (nSPS) is 10.1. The zero-order valence-corrected chi connectivity index (χ0v) is 13.5. The summed E-state index contributed by atoms with van der Waals surface area (Å²) in [4.78, 5) is 11.6. The SMILES string of the molecule is Cc1ccc(OCCNC(=O)NCCCc2ccccc2)cc1. The van der Waals surface area contributed by atoms with Crippen molar-refractivity contribution < 1.29 is 9.53 Å². The first-order valence-electron chi connectivity index (χ1n) is 7.99. The van der Waals surface area contributed by atoms with Crippen LogP contribution in [-0.4, -0.2) is 25.7 Å². The molecular weight excluding hydrogens is 288 g/mol. The lowest BCUT2D eigenvalue weighted by atomic mass is 10.1. The number of aryl methyl sites for hydroxylation is 2. The molecule has 4 nitrogen and oxygen atoms in total. The Morgan fingerprint density at radius 2 is 1.65 bits per heavy atom. The van der Waals surface area contributed by atoms with Crippen LogP contribution in [0.3, 0.4) is 0 Å². The van der Waals surface area contributed by atoms with E-state index in [1.807, 2.05) is 49.4 Å². The maximum absolute atomic E-state index is 11.6. The molecule has 0 aliphatic carbocycles. The maximum Gasteiger partial charge on any atom is 0.314 e. The molecule has 0 heterocycles. The van der Waals surface area contributed by atoms with Crippen LogP contribution in [0.4, 0.5) is 4.79 Å². The number of carbonyl (C=O) groups excluding carboxylic acids is 1. The van der Waals surface area contributed by atoms with Crippen LogP contribution in [-0.2, 0) is 6.42 Å². The van der Waals surface area contributed by atoms with Crippen LogP contribution in [0.15, 0.2) is 54.6 Å².